The Kier molecular flexibility index (Phi) is 4.68. The van der Waals surface area contributed by atoms with E-state index in [9.17, 15) is 0 Å². The van der Waals surface area contributed by atoms with Crippen molar-refractivity contribution in [1.29, 1.82) is 0 Å². The predicted molar refractivity (Wildman–Crippen MR) is 98.8 cm³/mol. The number of benzene rings is 3. The molecule has 0 amide bonds. The molecule has 110 valence electrons. The molecule has 3 heteroatoms. The van der Waals surface area contributed by atoms with Gasteiger partial charge in [0.15, 0.2) is 9.76 Å². The van der Waals surface area contributed by atoms with Crippen molar-refractivity contribution < 1.29 is 4.12 Å². The molecule has 0 bridgehead atoms. The van der Waals surface area contributed by atoms with Crippen LogP contribution in [0.3, 0.4) is 0 Å². The Bertz CT molecular complexity index is 603. The molecule has 0 atom stereocenters. The van der Waals surface area contributed by atoms with Crippen LogP contribution >= 0.6 is 0 Å². The van der Waals surface area contributed by atoms with Gasteiger partial charge >= 0.3 is 0 Å². The monoisotopic (exact) mass is 320 g/mol. The molecular weight excluding hydrogens is 300 g/mol. The normalized spacial score (nSPS) is 12.0. The van der Waals surface area contributed by atoms with E-state index in [0.717, 1.165) is 10.5 Å². The summed E-state index contributed by atoms with van der Waals surface area (Å²) < 4.78 is 5.95. The van der Waals surface area contributed by atoms with Gasteiger partial charge in [0.2, 0.25) is 0 Å². The lowest BCUT2D eigenvalue weighted by atomic mass is 9.84. The van der Waals surface area contributed by atoms with E-state index in [2.05, 4.69) is 91.0 Å². The first kappa shape index (κ1) is 15.0. The second-order valence-electron chi connectivity index (χ2n) is 5.44. The van der Waals surface area contributed by atoms with Gasteiger partial charge in [-0.05, 0) is 16.7 Å². The smallest absolute Gasteiger partial charge is 0.165 e. The molecular formula is C19H20OSi2. The van der Waals surface area contributed by atoms with Crippen molar-refractivity contribution in [2.45, 2.75) is 5.04 Å². The van der Waals surface area contributed by atoms with E-state index >= 15 is 0 Å². The summed E-state index contributed by atoms with van der Waals surface area (Å²) in [4.78, 5) is 0. The van der Waals surface area contributed by atoms with Gasteiger partial charge in [-0.15, -0.1) is 0 Å². The van der Waals surface area contributed by atoms with Crippen LogP contribution in [0.4, 0.5) is 0 Å². The zero-order chi connectivity index (χ0) is 15.3. The highest BCUT2D eigenvalue weighted by atomic mass is 28.3. The lowest BCUT2D eigenvalue weighted by Crippen LogP contribution is -2.37. The second-order valence-corrected chi connectivity index (χ2v) is 9.10. The standard InChI is InChI=1S/C19H20OSi2/c21-20-22-19(16-10-4-1-5-11-16,17-12-6-2-7-13-17)18-14-8-3-9-15-18/h1-15H,22H2,21H3. The molecule has 0 saturated carbocycles. The Labute approximate surface area is 137 Å². The molecule has 0 spiro atoms. The Morgan fingerprint density at radius 2 is 0.909 bits per heavy atom. The molecule has 3 aromatic carbocycles. The van der Waals surface area contributed by atoms with E-state index in [0.29, 0.717) is 0 Å². The average molecular weight is 321 g/mol. The Morgan fingerprint density at radius 3 is 1.18 bits per heavy atom. The quantitative estimate of drug-likeness (QED) is 0.518. The summed E-state index contributed by atoms with van der Waals surface area (Å²) in [6.45, 7) is 0. The largest absolute Gasteiger partial charge is 0.467 e. The molecule has 22 heavy (non-hydrogen) atoms. The van der Waals surface area contributed by atoms with E-state index in [-0.39, 0.29) is 5.04 Å². The zero-order valence-electron chi connectivity index (χ0n) is 12.8. The van der Waals surface area contributed by atoms with Crippen molar-refractivity contribution in [2.75, 3.05) is 0 Å². The van der Waals surface area contributed by atoms with Gasteiger partial charge in [0.25, 0.3) is 0 Å². The highest BCUT2D eigenvalue weighted by Crippen LogP contribution is 2.38. The zero-order valence-corrected chi connectivity index (χ0v) is 16.2. The van der Waals surface area contributed by atoms with Crippen molar-refractivity contribution in [3.8, 4) is 0 Å². The van der Waals surface area contributed by atoms with Crippen molar-refractivity contribution in [3.63, 3.8) is 0 Å². The van der Waals surface area contributed by atoms with Crippen LogP contribution in [0.1, 0.15) is 16.7 Å². The van der Waals surface area contributed by atoms with Crippen LogP contribution in [0.15, 0.2) is 91.0 Å². The number of hydrogen-bond acceptors (Lipinski definition) is 1. The van der Waals surface area contributed by atoms with E-state index in [1.54, 1.807) is 0 Å². The van der Waals surface area contributed by atoms with Crippen LogP contribution in [-0.2, 0) is 9.15 Å². The van der Waals surface area contributed by atoms with Crippen molar-refractivity contribution in [1.82, 2.24) is 0 Å². The second kappa shape index (κ2) is 6.88. The van der Waals surface area contributed by atoms with Gasteiger partial charge in [0.1, 0.15) is 10.5 Å². The maximum absolute atomic E-state index is 5.95. The maximum Gasteiger partial charge on any atom is 0.165 e. The minimum Gasteiger partial charge on any atom is -0.467 e. The Balaban J connectivity index is 2.29. The van der Waals surface area contributed by atoms with E-state index in [4.69, 9.17) is 4.12 Å². The molecule has 0 aliphatic rings. The molecule has 0 aromatic heterocycles. The first-order valence-electron chi connectivity index (χ1n) is 7.53. The summed E-state index contributed by atoms with van der Waals surface area (Å²) in [6.07, 6.45) is 0. The van der Waals surface area contributed by atoms with Crippen molar-refractivity contribution in [3.05, 3.63) is 108 Å². The van der Waals surface area contributed by atoms with Crippen LogP contribution < -0.4 is 0 Å². The molecule has 0 aliphatic carbocycles. The molecule has 0 fully saturated rings. The van der Waals surface area contributed by atoms with Gasteiger partial charge < -0.3 is 4.12 Å². The third kappa shape index (κ3) is 2.71. The van der Waals surface area contributed by atoms with Crippen molar-refractivity contribution >= 4 is 20.2 Å². The molecule has 0 unspecified atom stereocenters. The highest BCUT2D eigenvalue weighted by molar-refractivity contribution is 6.41. The Morgan fingerprint density at radius 1 is 0.591 bits per heavy atom. The lowest BCUT2D eigenvalue weighted by molar-refractivity contribution is 0.618. The molecule has 0 N–H and O–H groups in total. The van der Waals surface area contributed by atoms with Gasteiger partial charge in [-0.25, -0.2) is 0 Å². The summed E-state index contributed by atoms with van der Waals surface area (Å²) in [6, 6.07) is 32.3. The summed E-state index contributed by atoms with van der Waals surface area (Å²) in [7, 11) is -0.0193. The first-order valence-corrected chi connectivity index (χ1v) is 9.63. The minimum absolute atomic E-state index is 0.120. The fourth-order valence-corrected chi connectivity index (χ4v) is 6.07. The Hall–Kier alpha value is -1.95. The highest BCUT2D eigenvalue weighted by Gasteiger charge is 2.36. The van der Waals surface area contributed by atoms with Gasteiger partial charge in [0, 0.05) is 0 Å². The van der Waals surface area contributed by atoms with Gasteiger partial charge in [-0.2, -0.15) is 0 Å². The predicted octanol–water partition coefficient (Wildman–Crippen LogP) is 2.36. The summed E-state index contributed by atoms with van der Waals surface area (Å²) in [5.74, 6) is 0. The fraction of sp³-hybridized carbons (Fsp3) is 0.0526. The van der Waals surface area contributed by atoms with Crippen LogP contribution in [-0.4, -0.2) is 20.2 Å². The third-order valence-electron chi connectivity index (χ3n) is 4.16. The topological polar surface area (TPSA) is 9.23 Å². The third-order valence-corrected chi connectivity index (χ3v) is 6.97. The van der Waals surface area contributed by atoms with Crippen molar-refractivity contribution in [2.24, 2.45) is 0 Å². The van der Waals surface area contributed by atoms with E-state index < -0.39 is 9.76 Å². The van der Waals surface area contributed by atoms with Gasteiger partial charge in [-0.3, -0.25) is 0 Å². The molecule has 0 heterocycles. The van der Waals surface area contributed by atoms with Crippen LogP contribution in [0, 0.1) is 0 Å². The average Bonchev–Trinajstić information content (AvgIpc) is 2.62. The van der Waals surface area contributed by atoms with E-state index in [1.165, 1.54) is 16.7 Å². The van der Waals surface area contributed by atoms with Crippen LogP contribution in [0.5, 0.6) is 0 Å². The molecule has 0 saturated heterocycles. The van der Waals surface area contributed by atoms with Gasteiger partial charge in [0.05, 0.1) is 5.04 Å². The van der Waals surface area contributed by atoms with Crippen LogP contribution in [0.2, 0.25) is 0 Å². The first-order chi connectivity index (χ1) is 10.9. The molecule has 3 rings (SSSR count). The lowest BCUT2D eigenvalue weighted by Gasteiger charge is -2.35. The summed E-state index contributed by atoms with van der Waals surface area (Å²) in [5.41, 5.74) is 3.99. The molecule has 0 aliphatic heterocycles. The van der Waals surface area contributed by atoms with Gasteiger partial charge in [-0.1, -0.05) is 91.0 Å². The summed E-state index contributed by atoms with van der Waals surface area (Å²) in [5, 5.41) is -0.120. The SMILES string of the molecule is [SiH3]O[SiH2]C(c1ccccc1)(c1ccccc1)c1ccccc1. The molecule has 0 radical (unpaired) electrons. The fourth-order valence-electron chi connectivity index (χ4n) is 3.13. The molecule has 3 aromatic rings. The van der Waals surface area contributed by atoms with E-state index in [1.807, 2.05) is 0 Å². The van der Waals surface area contributed by atoms with Crippen LogP contribution in [0.25, 0.3) is 0 Å². The molecule has 1 nitrogen and oxygen atoms in total. The minimum atomic E-state index is -0.804. The number of rotatable bonds is 5. The summed E-state index contributed by atoms with van der Waals surface area (Å²) >= 11 is 0. The number of hydrogen-bond donors (Lipinski definition) is 0. The maximum atomic E-state index is 5.95.